The van der Waals surface area contributed by atoms with Crippen molar-refractivity contribution in [3.63, 3.8) is 0 Å². The van der Waals surface area contributed by atoms with Crippen LogP contribution in [0.3, 0.4) is 0 Å². The third-order valence-corrected chi connectivity index (χ3v) is 6.16. The number of primary amides is 1. The fourth-order valence-corrected chi connectivity index (χ4v) is 4.63. The van der Waals surface area contributed by atoms with Crippen LogP contribution < -0.4 is 16.4 Å². The molecule has 2 heterocycles. The Hall–Kier alpha value is -1.54. The maximum Gasteiger partial charge on any atom is 0.317 e. The zero-order valence-corrected chi connectivity index (χ0v) is 15.7. The first-order valence-electron chi connectivity index (χ1n) is 10.0. The summed E-state index contributed by atoms with van der Waals surface area (Å²) in [4.78, 5) is 28.0. The van der Waals surface area contributed by atoms with E-state index in [4.69, 9.17) is 10.5 Å². The Morgan fingerprint density at radius 1 is 1.04 bits per heavy atom. The number of ether oxygens (including phenoxy) is 1. The van der Waals surface area contributed by atoms with Crippen molar-refractivity contribution in [2.24, 2.45) is 5.73 Å². The van der Waals surface area contributed by atoms with E-state index in [1.54, 1.807) is 0 Å². The largest absolute Gasteiger partial charge is 0.379 e. The number of nitrogens with two attached hydrogens (primary N) is 1. The quantitative estimate of drug-likeness (QED) is 0.686. The third-order valence-electron chi connectivity index (χ3n) is 6.16. The molecule has 3 fully saturated rings. The number of hydrogen-bond acceptors (Lipinski definition) is 4. The number of piperidine rings is 1. The van der Waals surface area contributed by atoms with Crippen LogP contribution in [0.4, 0.5) is 9.59 Å². The summed E-state index contributed by atoms with van der Waals surface area (Å²) in [5.41, 5.74) is 5.26. The Morgan fingerprint density at radius 3 is 2.31 bits per heavy atom. The number of amides is 4. The van der Waals surface area contributed by atoms with Gasteiger partial charge in [0.2, 0.25) is 0 Å². The molecule has 2 aliphatic heterocycles. The zero-order valence-electron chi connectivity index (χ0n) is 15.7. The van der Waals surface area contributed by atoms with Crippen molar-refractivity contribution in [3.8, 4) is 0 Å². The number of carbonyl (C=O) groups is 2. The van der Waals surface area contributed by atoms with E-state index in [0.29, 0.717) is 19.6 Å². The molecule has 0 spiro atoms. The highest BCUT2D eigenvalue weighted by Gasteiger charge is 2.39. The van der Waals surface area contributed by atoms with Crippen molar-refractivity contribution in [1.29, 1.82) is 0 Å². The number of rotatable bonds is 4. The van der Waals surface area contributed by atoms with Crippen LogP contribution in [0.1, 0.15) is 44.9 Å². The Bertz CT molecular complexity index is 481. The van der Waals surface area contributed by atoms with Crippen LogP contribution in [0.25, 0.3) is 0 Å². The van der Waals surface area contributed by atoms with Gasteiger partial charge in [-0.1, -0.05) is 19.3 Å². The molecule has 148 valence electrons. The van der Waals surface area contributed by atoms with E-state index in [9.17, 15) is 9.59 Å². The van der Waals surface area contributed by atoms with E-state index in [2.05, 4.69) is 15.5 Å². The summed E-state index contributed by atoms with van der Waals surface area (Å²) < 4.78 is 5.52. The van der Waals surface area contributed by atoms with E-state index in [0.717, 1.165) is 52.0 Å². The number of nitrogens with one attached hydrogen (secondary N) is 2. The highest BCUT2D eigenvalue weighted by atomic mass is 16.5. The van der Waals surface area contributed by atoms with Crippen molar-refractivity contribution in [1.82, 2.24) is 20.4 Å². The monoisotopic (exact) mass is 367 g/mol. The fraction of sp³-hybridized carbons (Fsp3) is 0.889. The molecule has 26 heavy (non-hydrogen) atoms. The molecule has 0 aromatic carbocycles. The summed E-state index contributed by atoms with van der Waals surface area (Å²) >= 11 is 0. The number of carbonyl (C=O) groups excluding carboxylic acids is 2. The Balaban J connectivity index is 1.50. The molecule has 0 bridgehead atoms. The molecule has 8 nitrogen and oxygen atoms in total. The fourth-order valence-electron chi connectivity index (χ4n) is 4.63. The van der Waals surface area contributed by atoms with Gasteiger partial charge in [-0.15, -0.1) is 0 Å². The predicted octanol–water partition coefficient (Wildman–Crippen LogP) is 0.864. The molecule has 2 saturated heterocycles. The van der Waals surface area contributed by atoms with Crippen LogP contribution in [0.5, 0.6) is 0 Å². The lowest BCUT2D eigenvalue weighted by Gasteiger charge is -2.48. The predicted molar refractivity (Wildman–Crippen MR) is 98.9 cm³/mol. The Morgan fingerprint density at radius 2 is 1.69 bits per heavy atom. The van der Waals surface area contributed by atoms with Gasteiger partial charge < -0.3 is 26.0 Å². The highest BCUT2D eigenvalue weighted by Crippen LogP contribution is 2.34. The minimum atomic E-state index is -0.488. The maximum absolute atomic E-state index is 12.7. The van der Waals surface area contributed by atoms with E-state index in [1.165, 1.54) is 19.3 Å². The normalized spacial score (nSPS) is 24.8. The summed E-state index contributed by atoms with van der Waals surface area (Å²) in [6.07, 6.45) is 7.57. The van der Waals surface area contributed by atoms with E-state index >= 15 is 0 Å². The number of hydrogen-bond donors (Lipinski definition) is 3. The van der Waals surface area contributed by atoms with Gasteiger partial charge in [0.15, 0.2) is 0 Å². The Kier molecular flexibility index (Phi) is 6.58. The van der Waals surface area contributed by atoms with Crippen LogP contribution >= 0.6 is 0 Å². The average Bonchev–Trinajstić information content (AvgIpc) is 2.68. The highest BCUT2D eigenvalue weighted by molar-refractivity contribution is 5.74. The first-order chi connectivity index (χ1) is 12.6. The van der Waals surface area contributed by atoms with Gasteiger partial charge in [-0.3, -0.25) is 4.90 Å². The molecule has 1 saturated carbocycles. The van der Waals surface area contributed by atoms with Gasteiger partial charge in [-0.2, -0.15) is 0 Å². The molecule has 0 aromatic heterocycles. The lowest BCUT2D eigenvalue weighted by atomic mass is 9.80. The number of nitrogens with zero attached hydrogens (tertiary/aromatic N) is 2. The van der Waals surface area contributed by atoms with Gasteiger partial charge in [-0.05, 0) is 25.7 Å². The number of morpholine rings is 1. The molecule has 3 rings (SSSR count). The van der Waals surface area contributed by atoms with Crippen molar-refractivity contribution in [2.45, 2.75) is 56.5 Å². The second-order valence-corrected chi connectivity index (χ2v) is 7.81. The van der Waals surface area contributed by atoms with Crippen LogP contribution in [0.2, 0.25) is 0 Å². The lowest BCUT2D eigenvalue weighted by Crippen LogP contribution is -2.61. The lowest BCUT2D eigenvalue weighted by molar-refractivity contribution is -0.0361. The second-order valence-electron chi connectivity index (χ2n) is 7.81. The molecule has 0 aromatic rings. The molecule has 0 radical (unpaired) electrons. The SMILES string of the molecule is NC(=O)NC1CCN(C(=O)NCC2(N3CCOCC3)CCCCC2)CC1. The van der Waals surface area contributed by atoms with Crippen molar-refractivity contribution >= 4 is 12.1 Å². The number of likely N-dealkylation sites (tertiary alicyclic amines) is 1. The third kappa shape index (κ3) is 4.79. The minimum Gasteiger partial charge on any atom is -0.379 e. The summed E-state index contributed by atoms with van der Waals surface area (Å²) in [6, 6.07) is -0.395. The van der Waals surface area contributed by atoms with Crippen LogP contribution in [0, 0.1) is 0 Å². The zero-order chi connectivity index (χ0) is 18.4. The van der Waals surface area contributed by atoms with E-state index in [-0.39, 0.29) is 17.6 Å². The molecular formula is C18H33N5O3. The topological polar surface area (TPSA) is 99.9 Å². The molecule has 0 atom stereocenters. The van der Waals surface area contributed by atoms with Crippen LogP contribution in [0.15, 0.2) is 0 Å². The van der Waals surface area contributed by atoms with Gasteiger partial charge in [0.25, 0.3) is 0 Å². The Labute approximate surface area is 155 Å². The van der Waals surface area contributed by atoms with Crippen molar-refractivity contribution < 1.29 is 14.3 Å². The molecule has 4 amide bonds. The second kappa shape index (κ2) is 8.90. The first kappa shape index (κ1) is 19.2. The van der Waals surface area contributed by atoms with Gasteiger partial charge in [-0.25, -0.2) is 9.59 Å². The summed E-state index contributed by atoms with van der Waals surface area (Å²) in [6.45, 7) is 5.51. The van der Waals surface area contributed by atoms with Crippen LogP contribution in [-0.4, -0.2) is 79.4 Å². The van der Waals surface area contributed by atoms with Gasteiger partial charge in [0.05, 0.1) is 13.2 Å². The molecular weight excluding hydrogens is 334 g/mol. The van der Waals surface area contributed by atoms with Crippen molar-refractivity contribution in [2.75, 3.05) is 45.9 Å². The van der Waals surface area contributed by atoms with Crippen molar-refractivity contribution in [3.05, 3.63) is 0 Å². The van der Waals surface area contributed by atoms with E-state index < -0.39 is 6.03 Å². The first-order valence-corrected chi connectivity index (χ1v) is 10.0. The average molecular weight is 367 g/mol. The van der Waals surface area contributed by atoms with E-state index in [1.807, 2.05) is 4.90 Å². The van der Waals surface area contributed by atoms with Gasteiger partial charge in [0.1, 0.15) is 0 Å². The van der Waals surface area contributed by atoms with Gasteiger partial charge in [0, 0.05) is 44.3 Å². The molecule has 3 aliphatic rings. The summed E-state index contributed by atoms with van der Waals surface area (Å²) in [7, 11) is 0. The molecule has 1 aliphatic carbocycles. The van der Waals surface area contributed by atoms with Crippen LogP contribution in [-0.2, 0) is 4.74 Å². The summed E-state index contributed by atoms with van der Waals surface area (Å²) in [5, 5.41) is 5.94. The minimum absolute atomic E-state index is 0.0146. The molecule has 0 unspecified atom stereocenters. The standard InChI is InChI=1S/C18H33N5O3/c19-16(24)21-15-4-8-22(9-5-15)17(25)20-14-18(6-2-1-3-7-18)23-10-12-26-13-11-23/h15H,1-14H2,(H,20,25)(H3,19,21,24). The summed E-state index contributed by atoms with van der Waals surface area (Å²) in [5.74, 6) is 0. The van der Waals surface area contributed by atoms with Gasteiger partial charge >= 0.3 is 12.1 Å². The maximum atomic E-state index is 12.7. The molecule has 4 N–H and O–H groups in total. The molecule has 8 heteroatoms. The number of urea groups is 2. The smallest absolute Gasteiger partial charge is 0.317 e.